The summed E-state index contributed by atoms with van der Waals surface area (Å²) in [5, 5.41) is 0. The van der Waals surface area contributed by atoms with E-state index in [4.69, 9.17) is 9.31 Å². The molecule has 4 heteroatoms. The van der Waals surface area contributed by atoms with Crippen LogP contribution in [0.4, 0.5) is 4.39 Å². The molecular formula is C17H26BFO2. The van der Waals surface area contributed by atoms with Crippen molar-refractivity contribution >= 4 is 12.6 Å². The Kier molecular flexibility index (Phi) is 4.50. The van der Waals surface area contributed by atoms with Gasteiger partial charge in [-0.25, -0.2) is 4.39 Å². The average molecular weight is 292 g/mol. The zero-order valence-electron chi connectivity index (χ0n) is 14.0. The molecule has 0 amide bonds. The molecule has 1 aromatic rings. The summed E-state index contributed by atoms with van der Waals surface area (Å²) in [5.74, 6) is 0.0745. The summed E-state index contributed by atoms with van der Waals surface area (Å²) in [5.41, 5.74) is 0.723. The molecule has 0 saturated carbocycles. The van der Waals surface area contributed by atoms with Crippen LogP contribution < -0.4 is 5.46 Å². The highest BCUT2D eigenvalue weighted by atomic mass is 19.1. The quantitative estimate of drug-likeness (QED) is 0.780. The minimum absolute atomic E-state index is 0.164. The minimum Gasteiger partial charge on any atom is -0.399 e. The monoisotopic (exact) mass is 292 g/mol. The zero-order valence-corrected chi connectivity index (χ0v) is 14.0. The van der Waals surface area contributed by atoms with E-state index in [9.17, 15) is 4.39 Å². The Morgan fingerprint density at radius 1 is 1.14 bits per heavy atom. The first kappa shape index (κ1) is 16.5. The van der Waals surface area contributed by atoms with Crippen LogP contribution in [0.25, 0.3) is 0 Å². The third-order valence-corrected chi connectivity index (χ3v) is 4.80. The van der Waals surface area contributed by atoms with Gasteiger partial charge < -0.3 is 9.31 Å². The Morgan fingerprint density at radius 2 is 1.71 bits per heavy atom. The summed E-state index contributed by atoms with van der Waals surface area (Å²) in [7, 11) is -0.500. The zero-order chi connectivity index (χ0) is 15.8. The van der Waals surface area contributed by atoms with E-state index in [2.05, 4.69) is 13.8 Å². The fourth-order valence-corrected chi connectivity index (χ4v) is 2.66. The third kappa shape index (κ3) is 3.16. The summed E-state index contributed by atoms with van der Waals surface area (Å²) in [6.45, 7) is 12.2. The summed E-state index contributed by atoms with van der Waals surface area (Å²) < 4.78 is 26.3. The number of rotatable bonds is 4. The first-order valence-electron chi connectivity index (χ1n) is 7.83. The molecule has 0 spiro atoms. The summed E-state index contributed by atoms with van der Waals surface area (Å²) in [4.78, 5) is 0. The van der Waals surface area contributed by atoms with E-state index in [1.54, 1.807) is 6.07 Å². The molecule has 0 radical (unpaired) electrons. The van der Waals surface area contributed by atoms with Crippen LogP contribution in [0.15, 0.2) is 18.2 Å². The molecule has 1 aliphatic heterocycles. The highest BCUT2D eigenvalue weighted by Gasteiger charge is 2.51. The highest BCUT2D eigenvalue weighted by molar-refractivity contribution is 6.62. The number of benzene rings is 1. The fraction of sp³-hybridized carbons (Fsp3) is 0.647. The lowest BCUT2D eigenvalue weighted by molar-refractivity contribution is 0.00578. The van der Waals surface area contributed by atoms with Gasteiger partial charge in [0.2, 0.25) is 0 Å². The molecule has 1 heterocycles. The van der Waals surface area contributed by atoms with E-state index in [0.29, 0.717) is 0 Å². The van der Waals surface area contributed by atoms with E-state index in [0.717, 1.165) is 23.9 Å². The van der Waals surface area contributed by atoms with E-state index < -0.39 is 18.3 Å². The molecule has 116 valence electrons. The van der Waals surface area contributed by atoms with Gasteiger partial charge in [0.1, 0.15) is 5.82 Å². The Bertz CT molecular complexity index is 498. The Labute approximate surface area is 128 Å². The van der Waals surface area contributed by atoms with Gasteiger partial charge in [0, 0.05) is 0 Å². The second-order valence-electron chi connectivity index (χ2n) is 7.06. The Hall–Kier alpha value is -0.865. The smallest absolute Gasteiger partial charge is 0.399 e. The van der Waals surface area contributed by atoms with Crippen molar-refractivity contribution in [3.63, 3.8) is 0 Å². The lowest BCUT2D eigenvalue weighted by Gasteiger charge is -2.32. The van der Waals surface area contributed by atoms with E-state index in [1.165, 1.54) is 0 Å². The topological polar surface area (TPSA) is 18.5 Å². The summed E-state index contributed by atoms with van der Waals surface area (Å²) >= 11 is 0. The molecular weight excluding hydrogens is 266 g/mol. The molecule has 0 bridgehead atoms. The van der Waals surface area contributed by atoms with Crippen LogP contribution in [0.5, 0.6) is 0 Å². The fourth-order valence-electron chi connectivity index (χ4n) is 2.66. The largest absolute Gasteiger partial charge is 0.494 e. The highest BCUT2D eigenvalue weighted by Crippen LogP contribution is 2.36. The summed E-state index contributed by atoms with van der Waals surface area (Å²) in [6.07, 6.45) is 2.05. The van der Waals surface area contributed by atoms with Crippen LogP contribution in [0.2, 0.25) is 0 Å². The number of hydrogen-bond donors (Lipinski definition) is 0. The van der Waals surface area contributed by atoms with Crippen LogP contribution >= 0.6 is 0 Å². The SMILES string of the molecule is CCC[C@H](C)c1ccc(B2OC(C)(C)C(C)(C)O2)cc1F. The molecule has 1 aliphatic rings. The summed E-state index contributed by atoms with van der Waals surface area (Å²) in [6, 6.07) is 5.35. The molecule has 1 atom stereocenters. The van der Waals surface area contributed by atoms with E-state index in [-0.39, 0.29) is 11.7 Å². The lowest BCUT2D eigenvalue weighted by atomic mass is 9.78. The maximum atomic E-state index is 14.4. The molecule has 2 nitrogen and oxygen atoms in total. The van der Waals surface area contributed by atoms with Gasteiger partial charge in [0.05, 0.1) is 11.2 Å². The van der Waals surface area contributed by atoms with Crippen LogP contribution in [-0.4, -0.2) is 18.3 Å². The Morgan fingerprint density at radius 3 is 2.19 bits per heavy atom. The molecule has 21 heavy (non-hydrogen) atoms. The van der Waals surface area contributed by atoms with Crippen molar-refractivity contribution in [1.82, 2.24) is 0 Å². The predicted molar refractivity (Wildman–Crippen MR) is 85.4 cm³/mol. The molecule has 0 N–H and O–H groups in total. The van der Waals surface area contributed by atoms with Gasteiger partial charge in [0.15, 0.2) is 0 Å². The van der Waals surface area contributed by atoms with Gasteiger partial charge in [-0.3, -0.25) is 0 Å². The third-order valence-electron chi connectivity index (χ3n) is 4.80. The molecule has 1 fully saturated rings. The molecule has 2 rings (SSSR count). The van der Waals surface area contributed by atoms with Crippen molar-refractivity contribution in [2.24, 2.45) is 0 Å². The average Bonchev–Trinajstić information content (AvgIpc) is 2.58. The van der Waals surface area contributed by atoms with Gasteiger partial charge in [-0.2, -0.15) is 0 Å². The minimum atomic E-state index is -0.500. The second kappa shape index (κ2) is 5.73. The standard InChI is InChI=1S/C17H26BFO2/c1-7-8-12(2)14-10-9-13(11-15(14)19)18-20-16(3,4)17(5,6)21-18/h9-12H,7-8H2,1-6H3/t12-/m0/s1. The molecule has 1 aromatic carbocycles. The molecule has 0 aliphatic carbocycles. The van der Waals surface area contributed by atoms with Crippen molar-refractivity contribution in [3.05, 3.63) is 29.6 Å². The van der Waals surface area contributed by atoms with Crippen molar-refractivity contribution in [3.8, 4) is 0 Å². The van der Waals surface area contributed by atoms with Gasteiger partial charge >= 0.3 is 7.12 Å². The van der Waals surface area contributed by atoms with Crippen molar-refractivity contribution < 1.29 is 13.7 Å². The maximum Gasteiger partial charge on any atom is 0.494 e. The second-order valence-corrected chi connectivity index (χ2v) is 7.06. The normalized spacial score (nSPS) is 21.6. The van der Waals surface area contributed by atoms with Gasteiger partial charge in [-0.15, -0.1) is 0 Å². The van der Waals surface area contributed by atoms with Gasteiger partial charge in [0.25, 0.3) is 0 Å². The van der Waals surface area contributed by atoms with Gasteiger partial charge in [-0.05, 0) is 57.1 Å². The predicted octanol–water partition coefficient (Wildman–Crippen LogP) is 4.03. The van der Waals surface area contributed by atoms with Crippen molar-refractivity contribution in [2.45, 2.75) is 71.5 Å². The maximum absolute atomic E-state index is 14.4. The van der Waals surface area contributed by atoms with E-state index in [1.807, 2.05) is 39.8 Å². The molecule has 1 saturated heterocycles. The van der Waals surface area contributed by atoms with Crippen molar-refractivity contribution in [1.29, 1.82) is 0 Å². The lowest BCUT2D eigenvalue weighted by Crippen LogP contribution is -2.41. The van der Waals surface area contributed by atoms with Gasteiger partial charge in [-0.1, -0.05) is 32.4 Å². The first-order chi connectivity index (χ1) is 9.68. The van der Waals surface area contributed by atoms with E-state index >= 15 is 0 Å². The van der Waals surface area contributed by atoms with Crippen LogP contribution in [0, 0.1) is 5.82 Å². The molecule has 0 unspecified atom stereocenters. The number of halogens is 1. The van der Waals surface area contributed by atoms with Crippen LogP contribution in [-0.2, 0) is 9.31 Å². The Balaban J connectivity index is 2.22. The molecule has 0 aromatic heterocycles. The van der Waals surface area contributed by atoms with Crippen LogP contribution in [0.1, 0.15) is 65.9 Å². The van der Waals surface area contributed by atoms with Crippen LogP contribution in [0.3, 0.4) is 0 Å². The number of hydrogen-bond acceptors (Lipinski definition) is 2. The van der Waals surface area contributed by atoms with Crippen molar-refractivity contribution in [2.75, 3.05) is 0 Å². The first-order valence-corrected chi connectivity index (χ1v) is 7.83.